The number of benzene rings is 3. The highest BCUT2D eigenvalue weighted by Gasteiger charge is 2.33. The first kappa shape index (κ1) is 32.9. The number of carbonyl (C=O) groups is 1. The van der Waals surface area contributed by atoms with Crippen molar-refractivity contribution in [3.63, 3.8) is 0 Å². The fourth-order valence-corrected chi connectivity index (χ4v) is 5.96. The van der Waals surface area contributed by atoms with Gasteiger partial charge in [-0.15, -0.1) is 0 Å². The molecule has 0 aliphatic carbocycles. The number of nitrogens with two attached hydrogens (primary N) is 1. The van der Waals surface area contributed by atoms with Gasteiger partial charge in [-0.25, -0.2) is 9.37 Å². The van der Waals surface area contributed by atoms with Crippen LogP contribution in [-0.2, 0) is 11.3 Å². The molecule has 0 atom stereocenters. The number of carbonyl (C=O) groups excluding carboxylic acids is 1. The molecule has 5 aromatic rings. The highest BCUT2D eigenvalue weighted by atomic mass is 19.1. The number of phenols is 1. The molecule has 1 fully saturated rings. The predicted octanol–water partition coefficient (Wildman–Crippen LogP) is 6.56. The lowest BCUT2D eigenvalue weighted by Gasteiger charge is -2.31. The second-order valence-electron chi connectivity index (χ2n) is 12.1. The van der Waals surface area contributed by atoms with Crippen LogP contribution in [-0.4, -0.2) is 40.9 Å². The zero-order valence-corrected chi connectivity index (χ0v) is 27.0. The zero-order valence-electron chi connectivity index (χ0n) is 27.0. The zero-order chi connectivity index (χ0) is 34.7. The van der Waals surface area contributed by atoms with Crippen molar-refractivity contribution in [2.24, 2.45) is 5.41 Å². The largest absolute Gasteiger partial charge is 0.504 e. The average Bonchev–Trinajstić information content (AvgIpc) is 3.10. The van der Waals surface area contributed by atoms with Crippen molar-refractivity contribution in [1.29, 1.82) is 5.26 Å². The summed E-state index contributed by atoms with van der Waals surface area (Å²) in [5.74, 6) is -1.05. The van der Waals surface area contributed by atoms with Crippen LogP contribution >= 0.6 is 0 Å². The Bertz CT molecular complexity index is 2150. The Kier molecular flexibility index (Phi) is 9.16. The van der Waals surface area contributed by atoms with Crippen LogP contribution in [0.3, 0.4) is 0 Å². The minimum Gasteiger partial charge on any atom is -0.504 e. The van der Waals surface area contributed by atoms with Gasteiger partial charge < -0.3 is 30.2 Å². The summed E-state index contributed by atoms with van der Waals surface area (Å²) in [4.78, 5) is 31.7. The minimum atomic E-state index is -0.720. The number of phenolic OH excluding ortho intramolecular Hbond substituents is 1. The fourth-order valence-electron chi connectivity index (χ4n) is 5.96. The number of hydrogen-bond donors (Lipinski definition) is 3. The summed E-state index contributed by atoms with van der Waals surface area (Å²) in [6.07, 6.45) is 5.71. The summed E-state index contributed by atoms with van der Waals surface area (Å²) in [7, 11) is 1.44. The van der Waals surface area contributed by atoms with Crippen LogP contribution in [0.25, 0.3) is 33.4 Å². The van der Waals surface area contributed by atoms with Gasteiger partial charge in [0.2, 0.25) is 5.43 Å². The minimum absolute atomic E-state index is 0.0234. The van der Waals surface area contributed by atoms with Gasteiger partial charge in [-0.3, -0.25) is 9.59 Å². The molecule has 1 aliphatic heterocycles. The lowest BCUT2D eigenvalue weighted by Crippen LogP contribution is -2.33. The first-order valence-corrected chi connectivity index (χ1v) is 15.6. The maximum Gasteiger partial charge on any atom is 0.261 e. The van der Waals surface area contributed by atoms with Crippen molar-refractivity contribution >= 4 is 17.4 Å². The Morgan fingerprint density at radius 3 is 2.47 bits per heavy atom. The monoisotopic (exact) mass is 659 g/mol. The molecule has 1 saturated heterocycles. The van der Waals surface area contributed by atoms with Crippen LogP contribution in [0.1, 0.15) is 28.8 Å². The van der Waals surface area contributed by atoms with Gasteiger partial charge in [-0.2, -0.15) is 5.26 Å². The van der Waals surface area contributed by atoms with Gasteiger partial charge in [0.1, 0.15) is 17.2 Å². The molecule has 0 bridgehead atoms. The molecule has 0 spiro atoms. The first-order chi connectivity index (χ1) is 23.6. The van der Waals surface area contributed by atoms with Crippen LogP contribution < -0.4 is 21.2 Å². The number of halogens is 1. The fraction of sp³-hybridized carbons (Fsp3) is 0.211. The summed E-state index contributed by atoms with van der Waals surface area (Å²) in [5, 5.41) is 22.7. The topological polar surface area (TPSA) is 152 Å². The number of anilines is 2. The molecule has 1 amide bonds. The standard InChI is InChI=1S/C38H34FN5O5/c1-23-3-5-24(6-4-23)30-19-44(22-38(21-40)11-13-49-14-12-38)20-31(35(30)46)37(47)43-27-8-9-28(32(39)17-27)29-15-26(18-42-36(29)41)25-7-10-33(45)34(16-25)48-2/h3-10,15-20,45H,11-14,22H2,1-2H3,(H2,41,42)(H,43,47). The second kappa shape index (κ2) is 13.6. The third-order valence-corrected chi connectivity index (χ3v) is 8.81. The van der Waals surface area contributed by atoms with Crippen molar-refractivity contribution in [2.45, 2.75) is 26.3 Å². The van der Waals surface area contributed by atoms with Crippen LogP contribution in [0.4, 0.5) is 15.9 Å². The normalized spacial score (nSPS) is 13.8. The van der Waals surface area contributed by atoms with E-state index in [2.05, 4.69) is 16.4 Å². The van der Waals surface area contributed by atoms with Gasteiger partial charge in [-0.05, 0) is 67.3 Å². The Hall–Kier alpha value is -5.99. The number of nitriles is 1. The molecule has 11 heteroatoms. The van der Waals surface area contributed by atoms with Crippen molar-refractivity contribution in [2.75, 3.05) is 31.4 Å². The van der Waals surface area contributed by atoms with E-state index in [-0.39, 0.29) is 40.7 Å². The van der Waals surface area contributed by atoms with Gasteiger partial charge in [0.15, 0.2) is 11.5 Å². The number of methoxy groups -OCH3 is 1. The van der Waals surface area contributed by atoms with Crippen LogP contribution in [0.15, 0.2) is 90.1 Å². The summed E-state index contributed by atoms with van der Waals surface area (Å²) in [6, 6.07) is 20.4. The molecule has 248 valence electrons. The van der Waals surface area contributed by atoms with Gasteiger partial charge in [0.25, 0.3) is 5.91 Å². The first-order valence-electron chi connectivity index (χ1n) is 15.6. The Morgan fingerprint density at radius 2 is 1.78 bits per heavy atom. The lowest BCUT2D eigenvalue weighted by atomic mass is 9.81. The number of hydrogen-bond acceptors (Lipinski definition) is 8. The highest BCUT2D eigenvalue weighted by molar-refractivity contribution is 6.04. The molecule has 0 unspecified atom stereocenters. The predicted molar refractivity (Wildman–Crippen MR) is 185 cm³/mol. The maximum atomic E-state index is 15.7. The molecule has 10 nitrogen and oxygen atoms in total. The van der Waals surface area contributed by atoms with Crippen LogP contribution in [0.2, 0.25) is 0 Å². The number of aromatic nitrogens is 2. The maximum absolute atomic E-state index is 15.7. The van der Waals surface area contributed by atoms with Gasteiger partial charge >= 0.3 is 0 Å². The molecule has 3 heterocycles. The third kappa shape index (κ3) is 6.86. The summed E-state index contributed by atoms with van der Waals surface area (Å²) >= 11 is 0. The van der Waals surface area contributed by atoms with E-state index in [1.54, 1.807) is 29.0 Å². The van der Waals surface area contributed by atoms with E-state index >= 15 is 4.39 Å². The lowest BCUT2D eigenvalue weighted by molar-refractivity contribution is 0.0332. The average molecular weight is 660 g/mol. The number of nitrogens with zero attached hydrogens (tertiary/aromatic N) is 3. The summed E-state index contributed by atoms with van der Waals surface area (Å²) in [5.41, 5.74) is 8.64. The van der Waals surface area contributed by atoms with E-state index in [1.165, 1.54) is 37.7 Å². The van der Waals surface area contributed by atoms with E-state index in [0.717, 1.165) is 11.6 Å². The molecule has 1 aliphatic rings. The smallest absolute Gasteiger partial charge is 0.261 e. The molecule has 4 N–H and O–H groups in total. The number of aromatic hydroxyl groups is 1. The number of ether oxygens (including phenoxy) is 2. The molecular weight excluding hydrogens is 625 g/mol. The van der Waals surface area contributed by atoms with Crippen LogP contribution in [0, 0.1) is 29.5 Å². The van der Waals surface area contributed by atoms with E-state index in [9.17, 15) is 20.0 Å². The quantitative estimate of drug-likeness (QED) is 0.169. The number of nitrogens with one attached hydrogen (secondary N) is 1. The number of nitrogen functional groups attached to an aromatic ring is 1. The molecule has 49 heavy (non-hydrogen) atoms. The van der Waals surface area contributed by atoms with E-state index in [0.29, 0.717) is 53.9 Å². The van der Waals surface area contributed by atoms with Crippen molar-refractivity contribution in [1.82, 2.24) is 9.55 Å². The van der Waals surface area contributed by atoms with Crippen molar-refractivity contribution in [3.05, 3.63) is 112 Å². The highest BCUT2D eigenvalue weighted by Crippen LogP contribution is 2.36. The third-order valence-electron chi connectivity index (χ3n) is 8.81. The van der Waals surface area contributed by atoms with E-state index in [1.807, 2.05) is 31.2 Å². The molecule has 3 aromatic carbocycles. The second-order valence-corrected chi connectivity index (χ2v) is 12.1. The number of aryl methyl sites for hydroxylation is 1. The van der Waals surface area contributed by atoms with Gasteiger partial charge in [0.05, 0.1) is 18.6 Å². The Labute approximate surface area is 282 Å². The van der Waals surface area contributed by atoms with Crippen LogP contribution in [0.5, 0.6) is 11.5 Å². The number of rotatable bonds is 8. The van der Waals surface area contributed by atoms with Crippen molar-refractivity contribution < 1.29 is 23.8 Å². The van der Waals surface area contributed by atoms with Crippen molar-refractivity contribution in [3.8, 4) is 50.9 Å². The molecular formula is C38H34FN5O5. The van der Waals surface area contributed by atoms with Gasteiger partial charge in [0, 0.05) is 66.3 Å². The summed E-state index contributed by atoms with van der Waals surface area (Å²) < 4.78 is 28.1. The van der Waals surface area contributed by atoms with Gasteiger partial charge in [-0.1, -0.05) is 35.9 Å². The Morgan fingerprint density at radius 1 is 1.04 bits per heavy atom. The molecule has 0 saturated carbocycles. The number of pyridine rings is 2. The Balaban J connectivity index is 1.32. The number of amides is 1. The van der Waals surface area contributed by atoms with E-state index in [4.69, 9.17) is 15.2 Å². The molecule has 2 aromatic heterocycles. The SMILES string of the molecule is COc1cc(-c2cnc(N)c(-c3ccc(NC(=O)c4cn(CC5(C#N)CCOCC5)cc(-c5ccc(C)cc5)c4=O)cc3F)c2)ccc1O. The molecule has 6 rings (SSSR count). The molecule has 0 radical (unpaired) electrons. The summed E-state index contributed by atoms with van der Waals surface area (Å²) in [6.45, 7) is 3.10. The van der Waals surface area contributed by atoms with E-state index < -0.39 is 22.6 Å².